The highest BCUT2D eigenvalue weighted by Gasteiger charge is 2.18. The zero-order chi connectivity index (χ0) is 19.1. The molecule has 1 amide bonds. The van der Waals surface area contributed by atoms with Gasteiger partial charge in [-0.25, -0.2) is 0 Å². The average molecular weight is 388 g/mol. The lowest BCUT2D eigenvalue weighted by Gasteiger charge is -2.26. The second kappa shape index (κ2) is 9.90. The Bertz CT molecular complexity index is 725. The van der Waals surface area contributed by atoms with Gasteiger partial charge in [-0.2, -0.15) is 0 Å². The molecule has 0 bridgehead atoms. The van der Waals surface area contributed by atoms with E-state index in [-0.39, 0.29) is 11.9 Å². The van der Waals surface area contributed by atoms with Crippen LogP contribution in [0.25, 0.3) is 0 Å². The normalized spacial score (nSPS) is 15.2. The Labute approximate surface area is 165 Å². The Morgan fingerprint density at radius 3 is 2.56 bits per heavy atom. The number of likely N-dealkylation sites (tertiary alicyclic amines) is 1. The van der Waals surface area contributed by atoms with E-state index in [1.54, 1.807) is 0 Å². The number of carbonyl (C=O) groups is 1. The fourth-order valence-corrected chi connectivity index (χ4v) is 4.05. The molecule has 7 heteroatoms. The Morgan fingerprint density at radius 1 is 1.11 bits per heavy atom. The number of piperidine rings is 1. The van der Waals surface area contributed by atoms with Crippen LogP contribution in [0.1, 0.15) is 44.5 Å². The van der Waals surface area contributed by atoms with E-state index in [2.05, 4.69) is 37.1 Å². The van der Waals surface area contributed by atoms with Crippen molar-refractivity contribution in [2.24, 2.45) is 0 Å². The minimum atomic E-state index is 0.0295. The van der Waals surface area contributed by atoms with Crippen molar-refractivity contribution in [3.63, 3.8) is 0 Å². The van der Waals surface area contributed by atoms with Gasteiger partial charge in [-0.1, -0.05) is 48.5 Å². The van der Waals surface area contributed by atoms with Gasteiger partial charge >= 0.3 is 0 Å². The maximum atomic E-state index is 12.0. The highest BCUT2D eigenvalue weighted by atomic mass is 32.2. The molecule has 1 N–H and O–H groups in total. The fourth-order valence-electron chi connectivity index (χ4n) is 3.28. The first-order valence-electron chi connectivity index (χ1n) is 9.72. The number of aromatic nitrogens is 3. The Hall–Kier alpha value is -1.86. The van der Waals surface area contributed by atoms with Gasteiger partial charge in [0.1, 0.15) is 5.82 Å². The van der Waals surface area contributed by atoms with Crippen LogP contribution in [-0.2, 0) is 17.9 Å². The van der Waals surface area contributed by atoms with Gasteiger partial charge in [0, 0.05) is 6.04 Å². The standard InChI is InChI=1S/C20H29N5OS/c1-16(2)21-19(26)15-27-20-23-22-18(14-24-11-7-4-8-12-24)25(20)13-17-9-5-3-6-10-17/h3,5-6,9-10,16H,4,7-8,11-15H2,1-2H3,(H,21,26). The summed E-state index contributed by atoms with van der Waals surface area (Å²) in [6.07, 6.45) is 3.83. The van der Waals surface area contributed by atoms with Gasteiger partial charge in [-0.15, -0.1) is 10.2 Å². The molecule has 1 fully saturated rings. The average Bonchev–Trinajstić information content (AvgIpc) is 3.03. The molecule has 1 aliphatic rings. The quantitative estimate of drug-likeness (QED) is 0.706. The molecule has 0 saturated carbocycles. The van der Waals surface area contributed by atoms with Crippen molar-refractivity contribution in [3.05, 3.63) is 41.7 Å². The highest BCUT2D eigenvalue weighted by Crippen LogP contribution is 2.21. The monoisotopic (exact) mass is 387 g/mol. The zero-order valence-corrected chi connectivity index (χ0v) is 17.0. The summed E-state index contributed by atoms with van der Waals surface area (Å²) in [5.74, 6) is 1.36. The molecule has 1 aromatic carbocycles. The molecule has 0 unspecified atom stereocenters. The lowest BCUT2D eigenvalue weighted by atomic mass is 10.1. The van der Waals surface area contributed by atoms with Crippen molar-refractivity contribution in [1.29, 1.82) is 0 Å². The van der Waals surface area contributed by atoms with Crippen molar-refractivity contribution in [2.75, 3.05) is 18.8 Å². The minimum absolute atomic E-state index is 0.0295. The maximum absolute atomic E-state index is 12.0. The number of benzene rings is 1. The van der Waals surface area contributed by atoms with Crippen LogP contribution in [0.15, 0.2) is 35.5 Å². The van der Waals surface area contributed by atoms with E-state index in [4.69, 9.17) is 0 Å². The van der Waals surface area contributed by atoms with E-state index in [1.165, 1.54) is 36.6 Å². The Morgan fingerprint density at radius 2 is 1.85 bits per heavy atom. The van der Waals surface area contributed by atoms with Crippen LogP contribution in [0.2, 0.25) is 0 Å². The van der Waals surface area contributed by atoms with Crippen molar-refractivity contribution >= 4 is 17.7 Å². The molecule has 1 aromatic heterocycles. The number of nitrogens with one attached hydrogen (secondary N) is 1. The number of hydrogen-bond donors (Lipinski definition) is 1. The molecule has 3 rings (SSSR count). The third-order valence-electron chi connectivity index (χ3n) is 4.57. The largest absolute Gasteiger partial charge is 0.353 e. The number of amides is 1. The van der Waals surface area contributed by atoms with Gasteiger partial charge in [-0.05, 0) is 45.3 Å². The molecule has 0 spiro atoms. The third-order valence-corrected chi connectivity index (χ3v) is 5.54. The van der Waals surface area contributed by atoms with E-state index >= 15 is 0 Å². The highest BCUT2D eigenvalue weighted by molar-refractivity contribution is 7.99. The topological polar surface area (TPSA) is 63.1 Å². The molecule has 1 saturated heterocycles. The SMILES string of the molecule is CC(C)NC(=O)CSc1nnc(CN2CCCCC2)n1Cc1ccccc1. The molecule has 0 atom stereocenters. The van der Waals surface area contributed by atoms with E-state index in [0.29, 0.717) is 5.75 Å². The van der Waals surface area contributed by atoms with Crippen LogP contribution in [0, 0.1) is 0 Å². The van der Waals surface area contributed by atoms with Crippen molar-refractivity contribution in [2.45, 2.75) is 57.4 Å². The van der Waals surface area contributed by atoms with Crippen LogP contribution in [0.5, 0.6) is 0 Å². The molecule has 0 radical (unpaired) electrons. The molecular weight excluding hydrogens is 358 g/mol. The molecule has 6 nitrogen and oxygen atoms in total. The summed E-state index contributed by atoms with van der Waals surface area (Å²) in [5, 5.41) is 12.6. The second-order valence-corrected chi connectivity index (χ2v) is 8.26. The smallest absolute Gasteiger partial charge is 0.230 e. The molecule has 146 valence electrons. The molecule has 0 aliphatic carbocycles. The summed E-state index contributed by atoms with van der Waals surface area (Å²) in [7, 11) is 0. The van der Waals surface area contributed by atoms with E-state index in [1.807, 2.05) is 32.0 Å². The van der Waals surface area contributed by atoms with Gasteiger partial charge in [0.2, 0.25) is 5.91 Å². The number of rotatable bonds is 8. The zero-order valence-electron chi connectivity index (χ0n) is 16.2. The summed E-state index contributed by atoms with van der Waals surface area (Å²) in [5.41, 5.74) is 1.21. The predicted octanol–water partition coefficient (Wildman–Crippen LogP) is 2.93. The fraction of sp³-hybridized carbons (Fsp3) is 0.550. The first-order chi connectivity index (χ1) is 13.1. The van der Waals surface area contributed by atoms with E-state index in [9.17, 15) is 4.79 Å². The lowest BCUT2D eigenvalue weighted by Crippen LogP contribution is -2.31. The van der Waals surface area contributed by atoms with Gasteiger partial charge in [0.05, 0.1) is 18.8 Å². The number of hydrogen-bond acceptors (Lipinski definition) is 5. The Balaban J connectivity index is 1.74. The summed E-state index contributed by atoms with van der Waals surface area (Å²) in [6, 6.07) is 10.5. The summed E-state index contributed by atoms with van der Waals surface area (Å²) in [4.78, 5) is 14.5. The first kappa shape index (κ1) is 19.9. The molecule has 1 aliphatic heterocycles. The summed E-state index contributed by atoms with van der Waals surface area (Å²) >= 11 is 1.46. The van der Waals surface area contributed by atoms with Crippen LogP contribution in [0.4, 0.5) is 0 Å². The van der Waals surface area contributed by atoms with Crippen molar-refractivity contribution < 1.29 is 4.79 Å². The number of nitrogens with zero attached hydrogens (tertiary/aromatic N) is 4. The lowest BCUT2D eigenvalue weighted by molar-refractivity contribution is -0.119. The predicted molar refractivity (Wildman–Crippen MR) is 109 cm³/mol. The molecular formula is C20H29N5OS. The van der Waals surface area contributed by atoms with Crippen LogP contribution in [-0.4, -0.2) is 50.5 Å². The van der Waals surface area contributed by atoms with Gasteiger partial charge in [-0.3, -0.25) is 9.69 Å². The summed E-state index contributed by atoms with van der Waals surface area (Å²) in [6.45, 7) is 7.73. The van der Waals surface area contributed by atoms with Crippen LogP contribution >= 0.6 is 11.8 Å². The van der Waals surface area contributed by atoms with Crippen LogP contribution in [0.3, 0.4) is 0 Å². The van der Waals surface area contributed by atoms with E-state index < -0.39 is 0 Å². The number of carbonyl (C=O) groups excluding carboxylic acids is 1. The number of thioether (sulfide) groups is 1. The van der Waals surface area contributed by atoms with Crippen LogP contribution < -0.4 is 5.32 Å². The molecule has 2 heterocycles. The summed E-state index contributed by atoms with van der Waals surface area (Å²) < 4.78 is 2.16. The molecule has 2 aromatic rings. The maximum Gasteiger partial charge on any atom is 0.230 e. The minimum Gasteiger partial charge on any atom is -0.353 e. The first-order valence-corrected chi connectivity index (χ1v) is 10.7. The van der Waals surface area contributed by atoms with Gasteiger partial charge < -0.3 is 9.88 Å². The molecule has 27 heavy (non-hydrogen) atoms. The third kappa shape index (κ3) is 6.07. The van der Waals surface area contributed by atoms with Crippen molar-refractivity contribution in [1.82, 2.24) is 25.0 Å². The van der Waals surface area contributed by atoms with E-state index in [0.717, 1.165) is 37.2 Å². The Kier molecular flexibility index (Phi) is 7.29. The van der Waals surface area contributed by atoms with Gasteiger partial charge in [0.25, 0.3) is 0 Å². The van der Waals surface area contributed by atoms with Crippen molar-refractivity contribution in [3.8, 4) is 0 Å². The van der Waals surface area contributed by atoms with Gasteiger partial charge in [0.15, 0.2) is 5.16 Å². The second-order valence-electron chi connectivity index (χ2n) is 7.32.